The lowest BCUT2D eigenvalue weighted by Gasteiger charge is -2.27. The average molecular weight is 664 g/mol. The minimum absolute atomic E-state index is 0.225. The fourth-order valence-electron chi connectivity index (χ4n) is 3.37. The normalized spacial score (nSPS) is 12.4. The van der Waals surface area contributed by atoms with E-state index in [0.29, 0.717) is 18.7 Å². The van der Waals surface area contributed by atoms with Crippen LogP contribution in [-0.4, -0.2) is 90.1 Å². The number of carbonyl (C=O) groups excluding carboxylic acids is 1. The summed E-state index contributed by atoms with van der Waals surface area (Å²) in [5.41, 5.74) is 1.87. The summed E-state index contributed by atoms with van der Waals surface area (Å²) in [6.45, 7) is 0.110. The third kappa shape index (κ3) is 12.2. The number of hydrogen-bond donors (Lipinski definition) is 1. The van der Waals surface area contributed by atoms with Crippen LogP contribution in [0.5, 0.6) is 11.5 Å². The zero-order valence-electron chi connectivity index (χ0n) is 24.5. The van der Waals surface area contributed by atoms with Crippen molar-refractivity contribution in [1.82, 2.24) is 15.0 Å². The lowest BCUT2D eigenvalue weighted by atomic mass is 10.1. The molecule has 2 aromatic rings. The molecule has 0 aliphatic carbocycles. The van der Waals surface area contributed by atoms with E-state index in [-0.39, 0.29) is 25.0 Å². The fourth-order valence-corrected chi connectivity index (χ4v) is 6.61. The van der Waals surface area contributed by atoms with E-state index in [1.807, 2.05) is 48.5 Å². The average Bonchev–Trinajstić information content (AvgIpc) is 3.00. The van der Waals surface area contributed by atoms with Crippen molar-refractivity contribution in [3.8, 4) is 11.5 Å². The number of methoxy groups -OCH3 is 1. The summed E-state index contributed by atoms with van der Waals surface area (Å²) in [7, 11) is -0.203. The molecule has 1 N–H and O–H groups in total. The van der Waals surface area contributed by atoms with Gasteiger partial charge < -0.3 is 28.1 Å². The Morgan fingerprint density at radius 1 is 0.905 bits per heavy atom. The van der Waals surface area contributed by atoms with Crippen molar-refractivity contribution in [3.63, 3.8) is 0 Å². The largest absolute Gasteiger partial charge is 0.540 e. The van der Waals surface area contributed by atoms with Crippen molar-refractivity contribution in [2.24, 2.45) is 5.10 Å². The van der Waals surface area contributed by atoms with E-state index in [1.165, 1.54) is 33.3 Å². The van der Waals surface area contributed by atoms with Crippen LogP contribution in [-0.2, 0) is 50.2 Å². The minimum atomic E-state index is -3.54. The van der Waals surface area contributed by atoms with Crippen LogP contribution in [0.4, 0.5) is 0 Å². The van der Waals surface area contributed by atoms with Crippen molar-refractivity contribution < 1.29 is 41.3 Å². The molecule has 17 heteroatoms. The van der Waals surface area contributed by atoms with E-state index in [0.717, 1.165) is 16.9 Å². The van der Waals surface area contributed by atoms with Crippen LogP contribution in [0.25, 0.3) is 0 Å². The SMILES string of the molecule is COc1ccc(C=NN(C)[P+](=S)Oc2ccc(CCNC(=O)CN(CP(=O)(OC)OC)CP(=O)(OC)OC)cc2)cc1. The third-order valence-corrected chi connectivity index (χ3v) is 11.4. The molecule has 42 heavy (non-hydrogen) atoms. The molecule has 232 valence electrons. The first-order chi connectivity index (χ1) is 20.0. The molecular formula is C25H38N4O9P3S+. The predicted octanol–water partition coefficient (Wildman–Crippen LogP) is 4.66. The summed E-state index contributed by atoms with van der Waals surface area (Å²) in [6, 6.07) is 14.9. The van der Waals surface area contributed by atoms with Crippen molar-refractivity contribution in [3.05, 3.63) is 59.7 Å². The molecule has 2 aromatic carbocycles. The Morgan fingerprint density at radius 2 is 1.43 bits per heavy atom. The van der Waals surface area contributed by atoms with Crippen LogP contribution in [0, 0.1) is 0 Å². The highest BCUT2D eigenvalue weighted by atomic mass is 32.4. The molecule has 0 saturated carbocycles. The summed E-state index contributed by atoms with van der Waals surface area (Å²) < 4.78 is 57.7. The maximum absolute atomic E-state index is 12.6. The second-order valence-electron chi connectivity index (χ2n) is 8.64. The number of rotatable bonds is 19. The van der Waals surface area contributed by atoms with Gasteiger partial charge in [-0.3, -0.25) is 23.3 Å². The van der Waals surface area contributed by atoms with Crippen LogP contribution >= 0.6 is 22.3 Å². The maximum Gasteiger partial charge on any atom is 0.540 e. The van der Waals surface area contributed by atoms with Gasteiger partial charge in [-0.25, -0.2) is 0 Å². The summed E-state index contributed by atoms with van der Waals surface area (Å²) in [5.74, 6) is 0.998. The molecule has 0 aliphatic heterocycles. The number of carbonyl (C=O) groups is 1. The van der Waals surface area contributed by atoms with Crippen LogP contribution < -0.4 is 14.6 Å². The van der Waals surface area contributed by atoms with E-state index in [1.54, 1.807) is 25.2 Å². The maximum atomic E-state index is 12.6. The third-order valence-electron chi connectivity index (χ3n) is 5.80. The zero-order chi connectivity index (χ0) is 31.2. The smallest absolute Gasteiger partial charge is 0.497 e. The summed E-state index contributed by atoms with van der Waals surface area (Å²) >= 11 is 5.48. The topological polar surface area (TPSA) is 137 Å². The highest BCUT2D eigenvalue weighted by Gasteiger charge is 2.32. The van der Waals surface area contributed by atoms with E-state index < -0.39 is 22.3 Å². The first-order valence-electron chi connectivity index (χ1n) is 12.5. The molecule has 1 unspecified atom stereocenters. The standard InChI is InChI=1S/C25H37N4O9P3S/c1-28(27-17-22-9-11-23(33-2)12-10-22)39(42)38-24-13-7-21(8-14-24)15-16-26-25(30)18-29(19-40(31,34-3)35-4)20-41(32,36-5)37-6/h7-14,17H,15-16,18-20H2,1-6H3/p+1. The number of amides is 1. The van der Waals surface area contributed by atoms with E-state index >= 15 is 0 Å². The van der Waals surface area contributed by atoms with E-state index in [2.05, 4.69) is 10.4 Å². The highest BCUT2D eigenvalue weighted by Crippen LogP contribution is 2.51. The van der Waals surface area contributed by atoms with Gasteiger partial charge in [0.2, 0.25) is 17.7 Å². The fraction of sp³-hybridized carbons (Fsp3) is 0.440. The Morgan fingerprint density at radius 3 is 1.93 bits per heavy atom. The molecule has 0 radical (unpaired) electrons. The summed E-state index contributed by atoms with van der Waals surface area (Å²) in [5, 5.41) is 7.17. The molecule has 2 rings (SSSR count). The lowest BCUT2D eigenvalue weighted by Crippen LogP contribution is -2.39. The molecule has 0 aliphatic rings. The van der Waals surface area contributed by atoms with Gasteiger partial charge in [0.15, 0.2) is 5.75 Å². The van der Waals surface area contributed by atoms with Crippen LogP contribution in [0.3, 0.4) is 0 Å². The molecule has 0 spiro atoms. The number of benzene rings is 2. The Kier molecular flexibility index (Phi) is 15.2. The monoisotopic (exact) mass is 663 g/mol. The predicted molar refractivity (Wildman–Crippen MR) is 166 cm³/mol. The second-order valence-corrected chi connectivity index (χ2v) is 15.3. The van der Waals surface area contributed by atoms with Gasteiger partial charge in [-0.2, -0.15) is 0 Å². The van der Waals surface area contributed by atoms with E-state index in [9.17, 15) is 13.9 Å². The Bertz CT molecular complexity index is 1240. The molecule has 0 saturated heterocycles. The Hall–Kier alpha value is -2.24. The van der Waals surface area contributed by atoms with Crippen LogP contribution in [0.1, 0.15) is 11.1 Å². The van der Waals surface area contributed by atoms with Gasteiger partial charge in [0.25, 0.3) is 0 Å². The van der Waals surface area contributed by atoms with Gasteiger partial charge in [-0.15, -0.1) is 5.10 Å². The Labute approximate surface area is 253 Å². The number of nitrogens with zero attached hydrogens (tertiary/aromatic N) is 3. The lowest BCUT2D eigenvalue weighted by molar-refractivity contribution is -0.121. The van der Waals surface area contributed by atoms with Gasteiger partial charge in [0, 0.05) is 35.0 Å². The van der Waals surface area contributed by atoms with Gasteiger partial charge in [-0.05, 0) is 53.9 Å². The molecule has 0 heterocycles. The molecule has 0 fully saturated rings. The van der Waals surface area contributed by atoms with Gasteiger partial charge in [0.05, 0.1) is 26.9 Å². The summed E-state index contributed by atoms with van der Waals surface area (Å²) in [6.07, 6.45) is 1.69. The van der Waals surface area contributed by atoms with Crippen molar-refractivity contribution in [1.29, 1.82) is 0 Å². The first-order valence-corrected chi connectivity index (χ1v) is 18.2. The van der Waals surface area contributed by atoms with Crippen LogP contribution in [0.15, 0.2) is 53.6 Å². The van der Waals surface area contributed by atoms with Gasteiger partial charge in [-0.1, -0.05) is 16.9 Å². The van der Waals surface area contributed by atoms with Gasteiger partial charge >= 0.3 is 22.3 Å². The number of hydrogen-bond acceptors (Lipinski definition) is 12. The Balaban J connectivity index is 1.86. The number of nitrogens with one attached hydrogen (secondary N) is 1. The van der Waals surface area contributed by atoms with Crippen molar-refractivity contribution >= 4 is 46.2 Å². The van der Waals surface area contributed by atoms with E-state index in [4.69, 9.17) is 39.2 Å². The molecular weight excluding hydrogens is 625 g/mol. The quantitative estimate of drug-likeness (QED) is 0.127. The van der Waals surface area contributed by atoms with Crippen molar-refractivity contribution in [2.45, 2.75) is 6.42 Å². The zero-order valence-corrected chi connectivity index (χ0v) is 28.0. The molecule has 1 atom stereocenters. The molecule has 0 bridgehead atoms. The van der Waals surface area contributed by atoms with Crippen LogP contribution in [0.2, 0.25) is 0 Å². The molecule has 0 aromatic heterocycles. The summed E-state index contributed by atoms with van der Waals surface area (Å²) in [4.78, 5) is 14.0. The van der Waals surface area contributed by atoms with Crippen molar-refractivity contribution in [2.75, 3.05) is 68.3 Å². The first kappa shape index (κ1) is 36.0. The number of ether oxygens (including phenoxy) is 1. The molecule has 13 nitrogen and oxygen atoms in total. The minimum Gasteiger partial charge on any atom is -0.497 e. The number of hydrazone groups is 1. The van der Waals surface area contributed by atoms with Gasteiger partial charge in [0.1, 0.15) is 18.3 Å². The highest BCUT2D eigenvalue weighted by molar-refractivity contribution is 8.02. The second kappa shape index (κ2) is 17.8. The molecule has 1 amide bonds.